The first kappa shape index (κ1) is 17.8. The molecule has 2 heterocycles. The molecule has 6 nitrogen and oxygen atoms in total. The second-order valence-electron chi connectivity index (χ2n) is 4.72. The molecule has 8 heteroatoms. The zero-order valence-corrected chi connectivity index (χ0v) is 14.8. The second kappa shape index (κ2) is 8.33. The van der Waals surface area contributed by atoms with Crippen LogP contribution in [-0.4, -0.2) is 52.4 Å². The molecule has 1 unspecified atom stereocenters. The highest BCUT2D eigenvalue weighted by Crippen LogP contribution is 2.27. The van der Waals surface area contributed by atoms with Crippen LogP contribution in [0.15, 0.2) is 30.7 Å². The largest absolute Gasteiger partial charge is 0.371 e. The highest BCUT2D eigenvalue weighted by molar-refractivity contribution is 7.98. The van der Waals surface area contributed by atoms with Gasteiger partial charge in [-0.25, -0.2) is 4.68 Å². The minimum absolute atomic E-state index is 0.128. The van der Waals surface area contributed by atoms with E-state index in [0.29, 0.717) is 18.0 Å². The summed E-state index contributed by atoms with van der Waals surface area (Å²) < 4.78 is 6.90. The fraction of sp³-hybridized carbons (Fsp3) is 0.400. The maximum atomic E-state index is 12.7. The first-order valence-electron chi connectivity index (χ1n) is 7.11. The molecule has 0 N–H and O–H groups in total. The van der Waals surface area contributed by atoms with Gasteiger partial charge in [0.15, 0.2) is 5.15 Å². The van der Waals surface area contributed by atoms with Gasteiger partial charge < -0.3 is 9.64 Å². The van der Waals surface area contributed by atoms with Gasteiger partial charge in [0, 0.05) is 25.6 Å². The first-order chi connectivity index (χ1) is 11.1. The van der Waals surface area contributed by atoms with Crippen molar-refractivity contribution in [3.8, 4) is 5.69 Å². The van der Waals surface area contributed by atoms with Crippen LogP contribution in [0.1, 0.15) is 6.92 Å². The zero-order valence-electron chi connectivity index (χ0n) is 13.3. The predicted octanol–water partition coefficient (Wildman–Crippen LogP) is 2.65. The van der Waals surface area contributed by atoms with Crippen LogP contribution < -0.4 is 4.90 Å². The van der Waals surface area contributed by atoms with Crippen molar-refractivity contribution in [2.45, 2.75) is 13.0 Å². The average molecular weight is 355 g/mol. The van der Waals surface area contributed by atoms with Crippen LogP contribution in [0.25, 0.3) is 5.69 Å². The molecule has 0 saturated heterocycles. The molecule has 23 heavy (non-hydrogen) atoms. The lowest BCUT2D eigenvalue weighted by molar-refractivity contribution is -0.127. The maximum Gasteiger partial charge on any atom is 0.257 e. The van der Waals surface area contributed by atoms with Gasteiger partial charge in [-0.05, 0) is 25.3 Å². The molecule has 2 aromatic heterocycles. The van der Waals surface area contributed by atoms with E-state index in [4.69, 9.17) is 16.3 Å². The van der Waals surface area contributed by atoms with Gasteiger partial charge in [0.05, 0.1) is 18.1 Å². The van der Waals surface area contributed by atoms with Crippen LogP contribution in [0.4, 0.5) is 5.69 Å². The molecule has 0 aliphatic rings. The number of hydrogen-bond acceptors (Lipinski definition) is 5. The van der Waals surface area contributed by atoms with Gasteiger partial charge >= 0.3 is 0 Å². The summed E-state index contributed by atoms with van der Waals surface area (Å²) in [5.41, 5.74) is 1.34. The van der Waals surface area contributed by atoms with E-state index in [1.165, 1.54) is 7.11 Å². The van der Waals surface area contributed by atoms with Crippen LogP contribution in [0.3, 0.4) is 0 Å². The molecule has 1 atom stereocenters. The standard InChI is InChI=1S/C15H19ClN4O2S/c1-4-19(15(21)13(22-2)10-23-3)12-9-20(18-14(12)16)11-6-5-7-17-8-11/h5-9,13H,4,10H2,1-3H3. The lowest BCUT2D eigenvalue weighted by atomic mass is 10.3. The van der Waals surface area contributed by atoms with Crippen LogP contribution >= 0.6 is 23.4 Å². The number of thioether (sulfide) groups is 1. The Labute approximate surface area is 144 Å². The van der Waals surface area contributed by atoms with Crippen molar-refractivity contribution in [2.24, 2.45) is 0 Å². The minimum Gasteiger partial charge on any atom is -0.371 e. The number of likely N-dealkylation sites (N-methyl/N-ethyl adjacent to an activating group) is 1. The predicted molar refractivity (Wildman–Crippen MR) is 93.6 cm³/mol. The van der Waals surface area contributed by atoms with Crippen molar-refractivity contribution in [1.82, 2.24) is 14.8 Å². The molecule has 2 aromatic rings. The Kier molecular flexibility index (Phi) is 6.44. The molecule has 1 amide bonds. The molecule has 0 radical (unpaired) electrons. The van der Waals surface area contributed by atoms with Crippen molar-refractivity contribution in [3.05, 3.63) is 35.9 Å². The Hall–Kier alpha value is -1.57. The monoisotopic (exact) mass is 354 g/mol. The number of aromatic nitrogens is 3. The number of halogens is 1. The van der Waals surface area contributed by atoms with Crippen molar-refractivity contribution in [2.75, 3.05) is 30.6 Å². The molecule has 124 valence electrons. The van der Waals surface area contributed by atoms with Crippen LogP contribution in [-0.2, 0) is 9.53 Å². The lowest BCUT2D eigenvalue weighted by Crippen LogP contribution is -2.41. The third-order valence-corrected chi connectivity index (χ3v) is 4.22. The van der Waals surface area contributed by atoms with Crippen molar-refractivity contribution >= 4 is 35.0 Å². The highest BCUT2D eigenvalue weighted by atomic mass is 35.5. The summed E-state index contributed by atoms with van der Waals surface area (Å²) in [6.45, 7) is 2.37. The Balaban J connectivity index is 2.31. The number of anilines is 1. The van der Waals surface area contributed by atoms with Gasteiger partial charge in [0.2, 0.25) is 0 Å². The van der Waals surface area contributed by atoms with Gasteiger partial charge in [0.25, 0.3) is 5.91 Å². The van der Waals surface area contributed by atoms with Crippen molar-refractivity contribution < 1.29 is 9.53 Å². The number of carbonyl (C=O) groups excluding carboxylic acids is 1. The van der Waals surface area contributed by atoms with E-state index < -0.39 is 6.10 Å². The Morgan fingerprint density at radius 3 is 2.91 bits per heavy atom. The Morgan fingerprint density at radius 2 is 2.35 bits per heavy atom. The number of amides is 1. The number of pyridine rings is 1. The molecule has 0 aromatic carbocycles. The summed E-state index contributed by atoms with van der Waals surface area (Å²) >= 11 is 7.80. The number of ether oxygens (including phenoxy) is 1. The number of nitrogens with zero attached hydrogens (tertiary/aromatic N) is 4. The lowest BCUT2D eigenvalue weighted by Gasteiger charge is -2.24. The topological polar surface area (TPSA) is 60.2 Å². The first-order valence-corrected chi connectivity index (χ1v) is 8.88. The maximum absolute atomic E-state index is 12.7. The normalized spacial score (nSPS) is 12.2. The summed E-state index contributed by atoms with van der Waals surface area (Å²) in [6, 6.07) is 3.68. The van der Waals surface area contributed by atoms with Crippen molar-refractivity contribution in [1.29, 1.82) is 0 Å². The quantitative estimate of drug-likeness (QED) is 0.765. The van der Waals surface area contributed by atoms with Gasteiger partial charge in [-0.15, -0.1) is 0 Å². The minimum atomic E-state index is -0.511. The molecule has 2 rings (SSSR count). The summed E-state index contributed by atoms with van der Waals surface area (Å²) in [4.78, 5) is 18.3. The molecule has 0 bridgehead atoms. The fourth-order valence-electron chi connectivity index (χ4n) is 2.16. The second-order valence-corrected chi connectivity index (χ2v) is 5.99. The third kappa shape index (κ3) is 4.04. The van der Waals surface area contributed by atoms with E-state index in [9.17, 15) is 4.79 Å². The summed E-state index contributed by atoms with van der Waals surface area (Å²) in [6.07, 6.45) is 6.51. The van der Waals surface area contributed by atoms with E-state index in [2.05, 4.69) is 10.1 Å². The smallest absolute Gasteiger partial charge is 0.257 e. The Bertz CT molecular complexity index is 650. The molecular weight excluding hydrogens is 336 g/mol. The summed E-state index contributed by atoms with van der Waals surface area (Å²) in [5, 5.41) is 4.53. The average Bonchev–Trinajstić information content (AvgIpc) is 2.96. The van der Waals surface area contributed by atoms with Crippen LogP contribution in [0, 0.1) is 0 Å². The summed E-state index contributed by atoms with van der Waals surface area (Å²) in [5.74, 6) is 0.456. The van der Waals surface area contributed by atoms with E-state index in [-0.39, 0.29) is 11.1 Å². The van der Waals surface area contributed by atoms with Crippen molar-refractivity contribution in [3.63, 3.8) is 0 Å². The molecule has 0 saturated carbocycles. The number of hydrogen-bond donors (Lipinski definition) is 0. The highest BCUT2D eigenvalue weighted by Gasteiger charge is 2.27. The number of carbonyl (C=O) groups is 1. The SMILES string of the molecule is CCN(C(=O)C(CSC)OC)c1cn(-c2cccnc2)nc1Cl. The number of rotatable bonds is 7. The summed E-state index contributed by atoms with van der Waals surface area (Å²) in [7, 11) is 1.54. The van der Waals surface area contributed by atoms with E-state index in [1.807, 2.05) is 25.3 Å². The number of methoxy groups -OCH3 is 1. The van der Waals surface area contributed by atoms with E-state index in [0.717, 1.165) is 5.69 Å². The molecule has 0 fully saturated rings. The van der Waals surface area contributed by atoms with E-state index in [1.54, 1.807) is 39.9 Å². The van der Waals surface area contributed by atoms with Gasteiger partial charge in [-0.2, -0.15) is 16.9 Å². The fourth-order valence-corrected chi connectivity index (χ4v) is 2.97. The Morgan fingerprint density at radius 1 is 1.57 bits per heavy atom. The molecule has 0 aliphatic heterocycles. The molecule has 0 spiro atoms. The zero-order chi connectivity index (χ0) is 16.8. The van der Waals surface area contributed by atoms with Crippen LogP contribution in [0.5, 0.6) is 0 Å². The molecule has 0 aliphatic carbocycles. The van der Waals surface area contributed by atoms with Gasteiger partial charge in [0.1, 0.15) is 11.8 Å². The van der Waals surface area contributed by atoms with E-state index >= 15 is 0 Å². The van der Waals surface area contributed by atoms with Gasteiger partial charge in [-0.3, -0.25) is 9.78 Å². The van der Waals surface area contributed by atoms with Crippen LogP contribution in [0.2, 0.25) is 5.15 Å². The third-order valence-electron chi connectivity index (χ3n) is 3.31. The van der Waals surface area contributed by atoms with Gasteiger partial charge in [-0.1, -0.05) is 11.6 Å². The molecular formula is C15H19ClN4O2S.